The number of aromatic hydroxyl groups is 1. The van der Waals surface area contributed by atoms with Crippen LogP contribution in [0.15, 0.2) is 84.9 Å². The van der Waals surface area contributed by atoms with Gasteiger partial charge in [-0.1, -0.05) is 37.5 Å². The van der Waals surface area contributed by atoms with Crippen molar-refractivity contribution in [2.75, 3.05) is 6.54 Å². The number of phenolic OH excluding ortho intramolecular Hbond substituents is 1. The molecule has 52 heavy (non-hydrogen) atoms. The summed E-state index contributed by atoms with van der Waals surface area (Å²) in [5.74, 6) is 1.26. The Hall–Kier alpha value is -6.04. The van der Waals surface area contributed by atoms with Crippen LogP contribution in [0.4, 0.5) is 0 Å². The number of H-pyrrole nitrogens is 1. The molecule has 266 valence electrons. The standard InChI is InChI=1S/C40H41N7O5/c1-40(2,3)52-36(49)23-41-39(50)28-14-18-33(26-8-7-11-31(48)21-26)29(20-28)24-51-32-16-12-25(13-17-32)38-42-34-22-27(37-43-45-46-44-37)15-19-35(34)47(38)30-9-5-4-6-10-30/h7-8,11-22,30,48H,4-6,9-10,23-24H2,1-3H3,(H,41,50)(H,43,44,45,46). The van der Waals surface area contributed by atoms with E-state index in [1.807, 2.05) is 48.5 Å². The van der Waals surface area contributed by atoms with Gasteiger partial charge in [0.2, 0.25) is 5.82 Å². The minimum absolute atomic E-state index is 0.129. The highest BCUT2D eigenvalue weighted by atomic mass is 16.6. The van der Waals surface area contributed by atoms with E-state index >= 15 is 0 Å². The predicted molar refractivity (Wildman–Crippen MR) is 197 cm³/mol. The van der Waals surface area contributed by atoms with Crippen molar-refractivity contribution in [3.05, 3.63) is 96.1 Å². The smallest absolute Gasteiger partial charge is 0.325 e. The molecule has 0 spiro atoms. The van der Waals surface area contributed by atoms with Crippen LogP contribution in [0.1, 0.15) is 74.8 Å². The van der Waals surface area contributed by atoms with Gasteiger partial charge in [-0.3, -0.25) is 9.59 Å². The molecule has 0 bridgehead atoms. The van der Waals surface area contributed by atoms with Gasteiger partial charge in [-0.2, -0.15) is 5.21 Å². The van der Waals surface area contributed by atoms with E-state index in [4.69, 9.17) is 14.5 Å². The first-order chi connectivity index (χ1) is 25.1. The number of tetrazole rings is 1. The Bertz CT molecular complexity index is 2200. The van der Waals surface area contributed by atoms with E-state index in [-0.39, 0.29) is 18.9 Å². The number of imidazole rings is 1. The van der Waals surface area contributed by atoms with Crippen molar-refractivity contribution in [1.29, 1.82) is 0 Å². The first kappa shape index (κ1) is 34.4. The molecule has 1 saturated carbocycles. The Labute approximate surface area is 301 Å². The van der Waals surface area contributed by atoms with Crippen LogP contribution in [0.5, 0.6) is 11.5 Å². The van der Waals surface area contributed by atoms with Crippen LogP contribution >= 0.6 is 0 Å². The molecule has 0 radical (unpaired) electrons. The van der Waals surface area contributed by atoms with Crippen LogP contribution in [-0.4, -0.2) is 59.3 Å². The summed E-state index contributed by atoms with van der Waals surface area (Å²) in [7, 11) is 0. The molecule has 6 aromatic rings. The summed E-state index contributed by atoms with van der Waals surface area (Å²) in [5.41, 5.74) is 5.79. The highest BCUT2D eigenvalue weighted by Crippen LogP contribution is 2.37. The number of amides is 1. The molecule has 7 rings (SSSR count). The first-order valence-corrected chi connectivity index (χ1v) is 17.5. The van der Waals surface area contributed by atoms with Gasteiger partial charge in [0.1, 0.15) is 36.1 Å². The molecule has 3 N–H and O–H groups in total. The number of nitrogens with zero attached hydrogens (tertiary/aromatic N) is 5. The lowest BCUT2D eigenvalue weighted by Crippen LogP contribution is -2.34. The van der Waals surface area contributed by atoms with Crippen molar-refractivity contribution in [2.45, 2.75) is 71.1 Å². The summed E-state index contributed by atoms with van der Waals surface area (Å²) >= 11 is 0. The number of nitrogens with one attached hydrogen (secondary N) is 2. The second kappa shape index (κ2) is 14.7. The number of esters is 1. The average Bonchev–Trinajstić information content (AvgIpc) is 3.82. The number of carbonyl (C=O) groups excluding carboxylic acids is 2. The zero-order chi connectivity index (χ0) is 36.2. The molecule has 0 unspecified atom stereocenters. The molecule has 2 heterocycles. The Morgan fingerprint density at radius 2 is 1.71 bits per heavy atom. The van der Waals surface area contributed by atoms with E-state index in [1.165, 1.54) is 19.3 Å². The number of hydrogen-bond donors (Lipinski definition) is 3. The third-order valence-electron chi connectivity index (χ3n) is 9.08. The fourth-order valence-electron chi connectivity index (χ4n) is 6.74. The molecule has 0 saturated heterocycles. The van der Waals surface area contributed by atoms with Gasteiger partial charge in [-0.15, -0.1) is 10.2 Å². The molecule has 1 fully saturated rings. The quantitative estimate of drug-likeness (QED) is 0.124. The minimum Gasteiger partial charge on any atom is -0.508 e. The molecular weight excluding hydrogens is 658 g/mol. The topological polar surface area (TPSA) is 157 Å². The number of carbonyl (C=O) groups is 2. The zero-order valence-electron chi connectivity index (χ0n) is 29.4. The Kier molecular flexibility index (Phi) is 9.71. The van der Waals surface area contributed by atoms with Gasteiger partial charge < -0.3 is 24.5 Å². The van der Waals surface area contributed by atoms with Crippen LogP contribution in [0.2, 0.25) is 0 Å². The molecule has 4 aromatic carbocycles. The minimum atomic E-state index is -0.654. The number of phenols is 1. The third-order valence-corrected chi connectivity index (χ3v) is 9.08. The Balaban J connectivity index is 1.14. The number of ether oxygens (including phenoxy) is 2. The monoisotopic (exact) mass is 699 g/mol. The molecule has 0 atom stereocenters. The summed E-state index contributed by atoms with van der Waals surface area (Å²) in [5, 5.41) is 27.3. The van der Waals surface area contributed by atoms with E-state index in [0.29, 0.717) is 23.2 Å². The van der Waals surface area contributed by atoms with Crippen LogP contribution in [0.3, 0.4) is 0 Å². The summed E-state index contributed by atoms with van der Waals surface area (Å²) in [6, 6.07) is 26.5. The molecule has 1 aliphatic carbocycles. The molecule has 12 heteroatoms. The maximum Gasteiger partial charge on any atom is 0.325 e. The van der Waals surface area contributed by atoms with Crippen LogP contribution < -0.4 is 10.1 Å². The SMILES string of the molecule is CC(C)(C)OC(=O)CNC(=O)c1ccc(-c2cccc(O)c2)c(COc2ccc(-c3nc4cc(-c5nn[nH]n5)ccc4n3C3CCCCC3)cc2)c1. The summed E-state index contributed by atoms with van der Waals surface area (Å²) in [6.45, 7) is 5.22. The van der Waals surface area contributed by atoms with Gasteiger partial charge >= 0.3 is 5.97 Å². The fraction of sp³-hybridized carbons (Fsp3) is 0.300. The lowest BCUT2D eigenvalue weighted by molar-refractivity contribution is -0.153. The number of aromatic amines is 1. The second-order valence-electron chi connectivity index (χ2n) is 14.0. The van der Waals surface area contributed by atoms with Gasteiger partial charge in [0, 0.05) is 22.7 Å². The van der Waals surface area contributed by atoms with Crippen molar-refractivity contribution < 1.29 is 24.2 Å². The number of aromatic nitrogens is 6. The van der Waals surface area contributed by atoms with E-state index in [9.17, 15) is 14.7 Å². The Morgan fingerprint density at radius 1 is 0.923 bits per heavy atom. The molecule has 0 aliphatic heterocycles. The molecular formula is C40H41N7O5. The van der Waals surface area contributed by atoms with E-state index in [0.717, 1.165) is 57.5 Å². The fourth-order valence-corrected chi connectivity index (χ4v) is 6.74. The van der Waals surface area contributed by atoms with Gasteiger partial charge in [-0.05, 0) is 122 Å². The van der Waals surface area contributed by atoms with Crippen LogP contribution in [-0.2, 0) is 16.1 Å². The van der Waals surface area contributed by atoms with E-state index in [1.54, 1.807) is 51.1 Å². The summed E-state index contributed by atoms with van der Waals surface area (Å²) in [6.07, 6.45) is 5.83. The lowest BCUT2D eigenvalue weighted by atomic mass is 9.95. The van der Waals surface area contributed by atoms with Gasteiger partial charge in [0.25, 0.3) is 5.91 Å². The number of hydrogen-bond acceptors (Lipinski definition) is 9. The van der Waals surface area contributed by atoms with Crippen molar-refractivity contribution in [3.63, 3.8) is 0 Å². The van der Waals surface area contributed by atoms with Gasteiger partial charge in [0.05, 0.1) is 11.0 Å². The Morgan fingerprint density at radius 3 is 2.44 bits per heavy atom. The zero-order valence-corrected chi connectivity index (χ0v) is 29.4. The van der Waals surface area contributed by atoms with Crippen molar-refractivity contribution in [3.8, 4) is 45.4 Å². The average molecular weight is 700 g/mol. The summed E-state index contributed by atoms with van der Waals surface area (Å²) < 4.78 is 14.0. The molecule has 1 amide bonds. The summed E-state index contributed by atoms with van der Waals surface area (Å²) in [4.78, 5) is 30.4. The van der Waals surface area contributed by atoms with Crippen molar-refractivity contribution in [2.24, 2.45) is 0 Å². The van der Waals surface area contributed by atoms with Gasteiger partial charge in [-0.25, -0.2) is 4.98 Å². The highest BCUT2D eigenvalue weighted by molar-refractivity contribution is 5.96. The first-order valence-electron chi connectivity index (χ1n) is 17.5. The predicted octanol–water partition coefficient (Wildman–Crippen LogP) is 7.41. The maximum atomic E-state index is 13.1. The molecule has 12 nitrogen and oxygen atoms in total. The normalized spacial score (nSPS) is 13.6. The van der Waals surface area contributed by atoms with Gasteiger partial charge in [0.15, 0.2) is 0 Å². The number of benzene rings is 4. The second-order valence-corrected chi connectivity index (χ2v) is 14.0. The number of fused-ring (bicyclic) bond motifs is 1. The van der Waals surface area contributed by atoms with Crippen LogP contribution in [0, 0.1) is 0 Å². The van der Waals surface area contributed by atoms with Crippen molar-refractivity contribution >= 4 is 22.9 Å². The molecule has 1 aliphatic rings. The number of rotatable bonds is 10. The van der Waals surface area contributed by atoms with E-state index < -0.39 is 17.5 Å². The van der Waals surface area contributed by atoms with Crippen LogP contribution in [0.25, 0.3) is 44.9 Å². The largest absolute Gasteiger partial charge is 0.508 e. The lowest BCUT2D eigenvalue weighted by Gasteiger charge is -2.25. The highest BCUT2D eigenvalue weighted by Gasteiger charge is 2.23. The maximum absolute atomic E-state index is 13.1. The molecule has 2 aromatic heterocycles. The van der Waals surface area contributed by atoms with Crippen molar-refractivity contribution in [1.82, 2.24) is 35.5 Å². The third kappa shape index (κ3) is 7.80. The van der Waals surface area contributed by atoms with E-state index in [2.05, 4.69) is 36.6 Å².